The van der Waals surface area contributed by atoms with Crippen LogP contribution in [0.2, 0.25) is 0 Å². The summed E-state index contributed by atoms with van der Waals surface area (Å²) in [4.78, 5) is 19.3. The van der Waals surface area contributed by atoms with Crippen molar-refractivity contribution in [3.05, 3.63) is 24.3 Å². The van der Waals surface area contributed by atoms with Crippen molar-refractivity contribution in [2.45, 2.75) is 38.5 Å². The summed E-state index contributed by atoms with van der Waals surface area (Å²) in [6.07, 6.45) is 8.86. The molecule has 1 heterocycles. The molecule has 0 aromatic carbocycles. The topological polar surface area (TPSA) is 63.1 Å². The minimum Gasteiger partial charge on any atom is -0.481 e. The first kappa shape index (κ1) is 12.0. The molecule has 2 rings (SSSR count). The van der Waals surface area contributed by atoms with Crippen molar-refractivity contribution in [3.8, 4) is 0 Å². The largest absolute Gasteiger partial charge is 0.481 e. The lowest BCUT2D eigenvalue weighted by atomic mass is 9.71. The highest BCUT2D eigenvalue weighted by Crippen LogP contribution is 2.41. The maximum atomic E-state index is 11.3. The summed E-state index contributed by atoms with van der Waals surface area (Å²) in [6, 6.07) is 0. The molecule has 0 aliphatic heterocycles. The van der Waals surface area contributed by atoms with Gasteiger partial charge >= 0.3 is 5.97 Å². The molecule has 0 radical (unpaired) electrons. The summed E-state index contributed by atoms with van der Waals surface area (Å²) >= 11 is 0. The predicted molar refractivity (Wildman–Crippen MR) is 63.5 cm³/mol. The number of carboxylic acid groups (broad SMARTS) is 1. The Morgan fingerprint density at radius 1 is 1.41 bits per heavy atom. The number of aliphatic carboxylic acids is 1. The molecule has 1 N–H and O–H groups in total. The first-order valence-corrected chi connectivity index (χ1v) is 6.20. The standard InChI is InChI=1S/C13H18N2O2/c1-2-9-3-4-11(13(16)17)12(5-9)10-6-14-8-15-7-10/h6-9,11-12H,2-5H2,1H3,(H,16,17). The van der Waals surface area contributed by atoms with E-state index in [-0.39, 0.29) is 11.8 Å². The van der Waals surface area contributed by atoms with Crippen LogP contribution in [0.4, 0.5) is 0 Å². The van der Waals surface area contributed by atoms with Crippen LogP contribution in [0.25, 0.3) is 0 Å². The zero-order chi connectivity index (χ0) is 12.3. The van der Waals surface area contributed by atoms with E-state index < -0.39 is 5.97 Å². The van der Waals surface area contributed by atoms with Gasteiger partial charge in [0.2, 0.25) is 0 Å². The van der Waals surface area contributed by atoms with Crippen LogP contribution in [-0.2, 0) is 4.79 Å². The van der Waals surface area contributed by atoms with Gasteiger partial charge in [0.05, 0.1) is 5.92 Å². The molecule has 1 aliphatic rings. The highest BCUT2D eigenvalue weighted by molar-refractivity contribution is 5.71. The van der Waals surface area contributed by atoms with Crippen LogP contribution in [0.5, 0.6) is 0 Å². The van der Waals surface area contributed by atoms with E-state index in [4.69, 9.17) is 0 Å². The smallest absolute Gasteiger partial charge is 0.307 e. The van der Waals surface area contributed by atoms with Crippen LogP contribution < -0.4 is 0 Å². The SMILES string of the molecule is CCC1CCC(C(=O)O)C(c2cncnc2)C1. The molecule has 4 heteroatoms. The fourth-order valence-electron chi connectivity index (χ4n) is 2.79. The van der Waals surface area contributed by atoms with Crippen molar-refractivity contribution in [3.63, 3.8) is 0 Å². The fourth-order valence-corrected chi connectivity index (χ4v) is 2.79. The van der Waals surface area contributed by atoms with Gasteiger partial charge in [-0.1, -0.05) is 13.3 Å². The normalized spacial score (nSPS) is 28.9. The van der Waals surface area contributed by atoms with Crippen molar-refractivity contribution in [2.75, 3.05) is 0 Å². The van der Waals surface area contributed by atoms with Crippen molar-refractivity contribution >= 4 is 5.97 Å². The Morgan fingerprint density at radius 2 is 2.12 bits per heavy atom. The molecular formula is C13H18N2O2. The molecule has 0 bridgehead atoms. The average Bonchev–Trinajstić information content (AvgIpc) is 2.39. The lowest BCUT2D eigenvalue weighted by molar-refractivity contribution is -0.143. The van der Waals surface area contributed by atoms with E-state index >= 15 is 0 Å². The van der Waals surface area contributed by atoms with Gasteiger partial charge in [-0.15, -0.1) is 0 Å². The minimum atomic E-state index is -0.687. The van der Waals surface area contributed by atoms with Crippen LogP contribution in [0.3, 0.4) is 0 Å². The van der Waals surface area contributed by atoms with E-state index in [1.54, 1.807) is 12.4 Å². The number of aromatic nitrogens is 2. The lowest BCUT2D eigenvalue weighted by Gasteiger charge is -2.33. The second-order valence-electron chi connectivity index (χ2n) is 4.81. The first-order chi connectivity index (χ1) is 8.22. The number of hydrogen-bond acceptors (Lipinski definition) is 3. The van der Waals surface area contributed by atoms with Crippen LogP contribution in [0.1, 0.15) is 44.1 Å². The van der Waals surface area contributed by atoms with E-state index in [2.05, 4.69) is 16.9 Å². The van der Waals surface area contributed by atoms with Gasteiger partial charge in [0, 0.05) is 18.3 Å². The average molecular weight is 234 g/mol. The summed E-state index contributed by atoms with van der Waals surface area (Å²) in [6.45, 7) is 2.17. The maximum Gasteiger partial charge on any atom is 0.307 e. The van der Waals surface area contributed by atoms with Crippen molar-refractivity contribution < 1.29 is 9.90 Å². The second-order valence-corrected chi connectivity index (χ2v) is 4.81. The summed E-state index contributed by atoms with van der Waals surface area (Å²) < 4.78 is 0. The summed E-state index contributed by atoms with van der Waals surface area (Å²) in [5.74, 6) is -0.250. The molecule has 1 fully saturated rings. The summed E-state index contributed by atoms with van der Waals surface area (Å²) in [5.41, 5.74) is 0.970. The predicted octanol–water partition coefficient (Wildman–Crippen LogP) is 2.47. The molecule has 92 valence electrons. The van der Waals surface area contributed by atoms with Gasteiger partial charge in [-0.2, -0.15) is 0 Å². The molecule has 3 unspecified atom stereocenters. The Labute approximate surface area is 101 Å². The molecule has 1 aliphatic carbocycles. The molecule has 1 aromatic rings. The number of hydrogen-bond donors (Lipinski definition) is 1. The van der Waals surface area contributed by atoms with E-state index in [0.717, 1.165) is 31.2 Å². The van der Waals surface area contributed by atoms with Gasteiger partial charge in [-0.25, -0.2) is 9.97 Å². The van der Waals surface area contributed by atoms with Crippen molar-refractivity contribution in [1.82, 2.24) is 9.97 Å². The zero-order valence-electron chi connectivity index (χ0n) is 10.0. The highest BCUT2D eigenvalue weighted by atomic mass is 16.4. The van der Waals surface area contributed by atoms with Crippen LogP contribution >= 0.6 is 0 Å². The van der Waals surface area contributed by atoms with E-state index in [1.165, 1.54) is 6.33 Å². The number of nitrogens with zero attached hydrogens (tertiary/aromatic N) is 2. The molecule has 0 saturated heterocycles. The fraction of sp³-hybridized carbons (Fsp3) is 0.615. The van der Waals surface area contributed by atoms with Crippen LogP contribution in [0.15, 0.2) is 18.7 Å². The third kappa shape index (κ3) is 2.62. The first-order valence-electron chi connectivity index (χ1n) is 6.20. The van der Waals surface area contributed by atoms with Crippen molar-refractivity contribution in [2.24, 2.45) is 11.8 Å². The monoisotopic (exact) mass is 234 g/mol. The van der Waals surface area contributed by atoms with E-state index in [0.29, 0.717) is 5.92 Å². The van der Waals surface area contributed by atoms with E-state index in [1.807, 2.05) is 0 Å². The van der Waals surface area contributed by atoms with Gasteiger partial charge < -0.3 is 5.11 Å². The van der Waals surface area contributed by atoms with E-state index in [9.17, 15) is 9.90 Å². The molecule has 1 saturated carbocycles. The molecule has 1 aromatic heterocycles. The van der Waals surface area contributed by atoms with Gasteiger partial charge in [0.1, 0.15) is 6.33 Å². The molecule has 4 nitrogen and oxygen atoms in total. The van der Waals surface area contributed by atoms with Crippen molar-refractivity contribution in [1.29, 1.82) is 0 Å². The Bertz CT molecular complexity index is 380. The number of carboxylic acids is 1. The highest BCUT2D eigenvalue weighted by Gasteiger charge is 2.35. The van der Waals surface area contributed by atoms with Gasteiger partial charge in [0.25, 0.3) is 0 Å². The van der Waals surface area contributed by atoms with Crippen LogP contribution in [-0.4, -0.2) is 21.0 Å². The van der Waals surface area contributed by atoms with Crippen LogP contribution in [0, 0.1) is 11.8 Å². The number of carbonyl (C=O) groups is 1. The zero-order valence-corrected chi connectivity index (χ0v) is 10.0. The Balaban J connectivity index is 2.22. The number of rotatable bonds is 3. The Kier molecular flexibility index (Phi) is 3.71. The summed E-state index contributed by atoms with van der Waals surface area (Å²) in [5, 5.41) is 9.29. The Hall–Kier alpha value is -1.45. The second kappa shape index (κ2) is 5.25. The third-order valence-electron chi connectivity index (χ3n) is 3.86. The molecule has 0 amide bonds. The van der Waals surface area contributed by atoms with Gasteiger partial charge in [0.15, 0.2) is 0 Å². The molecule has 17 heavy (non-hydrogen) atoms. The Morgan fingerprint density at radius 3 is 2.71 bits per heavy atom. The molecule has 3 atom stereocenters. The summed E-state index contributed by atoms with van der Waals surface area (Å²) in [7, 11) is 0. The van der Waals surface area contributed by atoms with Gasteiger partial charge in [-0.3, -0.25) is 4.79 Å². The molecular weight excluding hydrogens is 216 g/mol. The molecule has 0 spiro atoms. The quantitative estimate of drug-likeness (QED) is 0.872. The third-order valence-corrected chi connectivity index (χ3v) is 3.86. The minimum absolute atomic E-state index is 0.0763. The van der Waals surface area contributed by atoms with Gasteiger partial charge in [-0.05, 0) is 30.7 Å². The lowest BCUT2D eigenvalue weighted by Crippen LogP contribution is -2.29. The maximum absolute atomic E-state index is 11.3.